The lowest BCUT2D eigenvalue weighted by atomic mass is 10.0. The molecule has 0 aliphatic heterocycles. The Labute approximate surface area is 306 Å². The smallest absolute Gasteiger partial charge is 0.227 e. The van der Waals surface area contributed by atoms with Gasteiger partial charge in [-0.15, -0.1) is 0 Å². The first-order chi connectivity index (χ1) is 26.3. The number of anilines is 3. The van der Waals surface area contributed by atoms with Crippen LogP contribution in [-0.4, -0.2) is 4.98 Å². The molecule has 0 aliphatic carbocycles. The Morgan fingerprint density at radius 3 is 1.38 bits per heavy atom. The van der Waals surface area contributed by atoms with Gasteiger partial charge in [-0.25, -0.2) is 4.98 Å². The molecule has 0 amide bonds. The van der Waals surface area contributed by atoms with Gasteiger partial charge in [0.25, 0.3) is 0 Å². The highest BCUT2D eigenvalue weighted by Gasteiger charge is 2.21. The summed E-state index contributed by atoms with van der Waals surface area (Å²) >= 11 is 0. The summed E-state index contributed by atoms with van der Waals surface area (Å²) in [5, 5.41) is 1.95. The average Bonchev–Trinajstić information content (AvgIpc) is 3.85. The summed E-state index contributed by atoms with van der Waals surface area (Å²) in [6.45, 7) is 0. The third-order valence-electron chi connectivity index (χ3n) is 9.93. The second kappa shape index (κ2) is 12.9. The number of aromatic nitrogens is 1. The van der Waals surface area contributed by atoms with Gasteiger partial charge >= 0.3 is 0 Å². The zero-order chi connectivity index (χ0) is 35.1. The molecule has 0 unspecified atom stereocenters. The summed E-state index contributed by atoms with van der Waals surface area (Å²) < 4.78 is 13.0. The Hall–Kier alpha value is -7.17. The van der Waals surface area contributed by atoms with E-state index < -0.39 is 0 Å². The van der Waals surface area contributed by atoms with Crippen LogP contribution in [0.3, 0.4) is 0 Å². The largest absolute Gasteiger partial charge is 0.456 e. The summed E-state index contributed by atoms with van der Waals surface area (Å²) in [7, 11) is 0. The number of para-hydroxylation sites is 1. The van der Waals surface area contributed by atoms with Gasteiger partial charge in [0, 0.05) is 33.6 Å². The summed E-state index contributed by atoms with van der Waals surface area (Å²) in [4.78, 5) is 7.40. The Morgan fingerprint density at radius 2 is 0.830 bits per heavy atom. The van der Waals surface area contributed by atoms with Crippen molar-refractivity contribution in [3.8, 4) is 44.8 Å². The van der Waals surface area contributed by atoms with Crippen LogP contribution in [-0.2, 0) is 0 Å². The van der Waals surface area contributed by atoms with E-state index in [4.69, 9.17) is 13.8 Å². The Bertz CT molecular complexity index is 2760. The molecule has 2 aromatic heterocycles. The van der Waals surface area contributed by atoms with E-state index in [-0.39, 0.29) is 0 Å². The molecule has 250 valence electrons. The zero-order valence-electron chi connectivity index (χ0n) is 28.7. The minimum Gasteiger partial charge on any atom is -0.456 e. The lowest BCUT2D eigenvalue weighted by Gasteiger charge is -2.26. The quantitative estimate of drug-likeness (QED) is 0.168. The van der Waals surface area contributed by atoms with Crippen molar-refractivity contribution in [2.45, 2.75) is 0 Å². The van der Waals surface area contributed by atoms with Crippen LogP contribution in [0.4, 0.5) is 17.1 Å². The van der Waals surface area contributed by atoms with Crippen LogP contribution in [0, 0.1) is 0 Å². The van der Waals surface area contributed by atoms with E-state index >= 15 is 0 Å². The molecule has 0 atom stereocenters. The van der Waals surface area contributed by atoms with E-state index in [1.807, 2.05) is 60.7 Å². The minimum absolute atomic E-state index is 0.584. The molecule has 0 radical (unpaired) electrons. The van der Waals surface area contributed by atoms with Gasteiger partial charge in [-0.2, -0.15) is 0 Å². The number of benzene rings is 8. The summed E-state index contributed by atoms with van der Waals surface area (Å²) in [6.07, 6.45) is 0. The van der Waals surface area contributed by atoms with Gasteiger partial charge in [0.2, 0.25) is 5.89 Å². The maximum atomic E-state index is 6.58. The highest BCUT2D eigenvalue weighted by Crippen LogP contribution is 2.43. The summed E-state index contributed by atoms with van der Waals surface area (Å²) in [5.74, 6) is 0.584. The first kappa shape index (κ1) is 30.6. The van der Waals surface area contributed by atoms with E-state index in [1.165, 1.54) is 22.3 Å². The fourth-order valence-corrected chi connectivity index (χ4v) is 7.30. The van der Waals surface area contributed by atoms with Gasteiger partial charge in [-0.1, -0.05) is 133 Å². The van der Waals surface area contributed by atoms with E-state index in [0.717, 1.165) is 66.8 Å². The number of furan rings is 1. The predicted molar refractivity (Wildman–Crippen MR) is 218 cm³/mol. The van der Waals surface area contributed by atoms with Crippen molar-refractivity contribution < 1.29 is 8.83 Å². The number of oxazole rings is 1. The van der Waals surface area contributed by atoms with E-state index in [0.29, 0.717) is 5.89 Å². The minimum atomic E-state index is 0.584. The van der Waals surface area contributed by atoms with Crippen molar-refractivity contribution in [2.75, 3.05) is 4.90 Å². The molecule has 10 rings (SSSR count). The highest BCUT2D eigenvalue weighted by molar-refractivity contribution is 6.19. The number of hydrogen-bond acceptors (Lipinski definition) is 4. The molecule has 0 spiro atoms. The van der Waals surface area contributed by atoms with Gasteiger partial charge in [-0.05, 0) is 88.5 Å². The second-order valence-electron chi connectivity index (χ2n) is 13.2. The van der Waals surface area contributed by atoms with Crippen LogP contribution in [0.1, 0.15) is 0 Å². The summed E-state index contributed by atoms with van der Waals surface area (Å²) in [6, 6.07) is 67.5. The number of fused-ring (bicyclic) bond motifs is 5. The van der Waals surface area contributed by atoms with Gasteiger partial charge < -0.3 is 13.7 Å². The van der Waals surface area contributed by atoms with Gasteiger partial charge in [0.05, 0.1) is 5.39 Å². The molecule has 4 heteroatoms. The molecular formula is C49H32N2O2. The lowest BCUT2D eigenvalue weighted by Crippen LogP contribution is -2.09. The third kappa shape index (κ3) is 5.54. The molecule has 0 fully saturated rings. The fraction of sp³-hybridized carbons (Fsp3) is 0. The molecule has 0 bridgehead atoms. The Morgan fingerprint density at radius 1 is 0.377 bits per heavy atom. The maximum Gasteiger partial charge on any atom is 0.227 e. The fourth-order valence-electron chi connectivity index (χ4n) is 7.30. The first-order valence-corrected chi connectivity index (χ1v) is 17.8. The third-order valence-corrected chi connectivity index (χ3v) is 9.93. The van der Waals surface area contributed by atoms with Crippen LogP contribution in [0.25, 0.3) is 77.9 Å². The van der Waals surface area contributed by atoms with Crippen molar-refractivity contribution in [1.29, 1.82) is 0 Å². The molecule has 0 N–H and O–H groups in total. The van der Waals surface area contributed by atoms with Crippen LogP contribution in [0.15, 0.2) is 203 Å². The number of rotatable bonds is 7. The van der Waals surface area contributed by atoms with Crippen molar-refractivity contribution in [2.24, 2.45) is 0 Å². The molecule has 10 aromatic rings. The van der Waals surface area contributed by atoms with Gasteiger partial charge in [0.15, 0.2) is 5.58 Å². The molecule has 0 aliphatic rings. The second-order valence-corrected chi connectivity index (χ2v) is 13.2. The van der Waals surface area contributed by atoms with Crippen molar-refractivity contribution >= 4 is 50.1 Å². The van der Waals surface area contributed by atoms with E-state index in [2.05, 4.69) is 138 Å². The molecular weight excluding hydrogens is 649 g/mol. The first-order valence-electron chi connectivity index (χ1n) is 17.8. The SMILES string of the molecule is c1ccc(-c2ccc(N(c3ccc(-c4ccccc4)cc3)c3ccc(-c4cc5oc6ccccc6c5c5oc(-c6ccccc6)nc45)cc3)cc2)cc1. The maximum absolute atomic E-state index is 6.58. The highest BCUT2D eigenvalue weighted by atomic mass is 16.4. The van der Waals surface area contributed by atoms with E-state index in [1.54, 1.807) is 0 Å². The predicted octanol–water partition coefficient (Wildman–Crippen LogP) is 13.9. The van der Waals surface area contributed by atoms with Crippen molar-refractivity contribution in [3.05, 3.63) is 194 Å². The van der Waals surface area contributed by atoms with Gasteiger partial charge in [-0.3, -0.25) is 0 Å². The Kier molecular flexibility index (Phi) is 7.43. The van der Waals surface area contributed by atoms with Crippen molar-refractivity contribution in [1.82, 2.24) is 4.98 Å². The average molecular weight is 681 g/mol. The number of nitrogens with zero attached hydrogens (tertiary/aromatic N) is 2. The molecule has 2 heterocycles. The molecule has 4 nitrogen and oxygen atoms in total. The van der Waals surface area contributed by atoms with E-state index in [9.17, 15) is 0 Å². The molecule has 0 saturated carbocycles. The molecule has 8 aromatic carbocycles. The number of hydrogen-bond donors (Lipinski definition) is 0. The summed E-state index contributed by atoms with van der Waals surface area (Å²) in [5.41, 5.74) is 13.9. The standard InChI is InChI=1S/C49H32N2O2/c1-4-12-33(13-5-1)35-20-26-39(27-21-35)51(40-28-22-36(23-29-40)34-14-6-2-7-15-34)41-30-24-37(25-31-41)43-32-45-46(42-18-10-11-19-44(42)52-45)48-47(43)50-49(53-48)38-16-8-3-9-17-38/h1-32H. The van der Waals surface area contributed by atoms with Crippen LogP contribution >= 0.6 is 0 Å². The monoisotopic (exact) mass is 680 g/mol. The van der Waals surface area contributed by atoms with Crippen LogP contribution < -0.4 is 4.90 Å². The van der Waals surface area contributed by atoms with Crippen LogP contribution in [0.5, 0.6) is 0 Å². The zero-order valence-corrected chi connectivity index (χ0v) is 28.7. The van der Waals surface area contributed by atoms with Crippen LogP contribution in [0.2, 0.25) is 0 Å². The normalized spacial score (nSPS) is 11.4. The molecule has 0 saturated heterocycles. The van der Waals surface area contributed by atoms with Gasteiger partial charge in [0.1, 0.15) is 16.7 Å². The van der Waals surface area contributed by atoms with Crippen molar-refractivity contribution in [3.63, 3.8) is 0 Å². The lowest BCUT2D eigenvalue weighted by molar-refractivity contribution is 0.622. The Balaban J connectivity index is 1.09. The molecule has 53 heavy (non-hydrogen) atoms. The topological polar surface area (TPSA) is 42.4 Å².